The maximum atomic E-state index is 12.8. The summed E-state index contributed by atoms with van der Waals surface area (Å²) >= 11 is 0. The predicted octanol–water partition coefficient (Wildman–Crippen LogP) is -0.374. The molecule has 0 saturated carbocycles. The first-order valence-electron chi connectivity index (χ1n) is 9.13. The third kappa shape index (κ3) is 3.96. The molecule has 0 aliphatic carbocycles. The number of quaternary nitrogens is 1. The van der Waals surface area contributed by atoms with Crippen molar-refractivity contribution in [2.24, 2.45) is 5.92 Å². The van der Waals surface area contributed by atoms with Crippen molar-refractivity contribution in [1.29, 1.82) is 0 Å². The summed E-state index contributed by atoms with van der Waals surface area (Å²) in [6.45, 7) is 5.70. The molecule has 0 aromatic heterocycles. The molecule has 2 aliphatic heterocycles. The van der Waals surface area contributed by atoms with E-state index < -0.39 is 20.0 Å². The number of piperazine rings is 1. The molecule has 3 rings (SSSR count). The van der Waals surface area contributed by atoms with Gasteiger partial charge >= 0.3 is 0 Å². The van der Waals surface area contributed by atoms with Crippen LogP contribution in [0.4, 0.5) is 0 Å². The number of piperidine rings is 1. The van der Waals surface area contributed by atoms with E-state index in [2.05, 4.69) is 6.92 Å². The van der Waals surface area contributed by atoms with Crippen molar-refractivity contribution in [2.75, 3.05) is 46.3 Å². The minimum absolute atomic E-state index is 0.156. The van der Waals surface area contributed by atoms with E-state index in [1.165, 1.54) is 37.8 Å². The first-order chi connectivity index (χ1) is 12.2. The van der Waals surface area contributed by atoms with Gasteiger partial charge in [0, 0.05) is 13.1 Å². The topological polar surface area (TPSA) is 79.2 Å². The number of benzene rings is 1. The van der Waals surface area contributed by atoms with Gasteiger partial charge in [-0.2, -0.15) is 8.61 Å². The Morgan fingerprint density at radius 3 is 1.62 bits per heavy atom. The molecule has 0 bridgehead atoms. The minimum Gasteiger partial charge on any atom is -0.335 e. The van der Waals surface area contributed by atoms with E-state index in [0.717, 1.165) is 25.9 Å². The Morgan fingerprint density at radius 1 is 0.808 bits per heavy atom. The monoisotopic (exact) mass is 402 g/mol. The summed E-state index contributed by atoms with van der Waals surface area (Å²) in [7, 11) is -5.08. The molecule has 2 aliphatic rings. The molecule has 2 heterocycles. The Labute approximate surface area is 156 Å². The van der Waals surface area contributed by atoms with E-state index in [1.807, 2.05) is 7.05 Å². The summed E-state index contributed by atoms with van der Waals surface area (Å²) in [6.07, 6.45) is 1.72. The summed E-state index contributed by atoms with van der Waals surface area (Å²) in [5, 5.41) is 0. The molecular weight excluding hydrogens is 374 g/mol. The second kappa shape index (κ2) is 7.55. The Bertz CT molecular complexity index is 750. The van der Waals surface area contributed by atoms with Crippen molar-refractivity contribution in [3.63, 3.8) is 0 Å². The SMILES string of the molecule is CC1CCN(S(=O)(=O)c2ccc(S(=O)(=O)N3CC[NH+](C)CC3)cc2)CC1. The van der Waals surface area contributed by atoms with Crippen molar-refractivity contribution in [2.45, 2.75) is 29.6 Å². The Kier molecular flexibility index (Phi) is 5.74. The van der Waals surface area contributed by atoms with Crippen LogP contribution in [-0.4, -0.2) is 71.8 Å². The lowest BCUT2D eigenvalue weighted by Gasteiger charge is -2.30. The smallest absolute Gasteiger partial charge is 0.243 e. The van der Waals surface area contributed by atoms with Crippen LogP contribution in [0.5, 0.6) is 0 Å². The van der Waals surface area contributed by atoms with Crippen LogP contribution in [0, 0.1) is 5.92 Å². The Hall–Kier alpha value is -1.00. The van der Waals surface area contributed by atoms with Crippen molar-refractivity contribution in [3.05, 3.63) is 24.3 Å². The summed E-state index contributed by atoms with van der Waals surface area (Å²) in [5.74, 6) is 0.541. The zero-order chi connectivity index (χ0) is 18.9. The highest BCUT2D eigenvalue weighted by Crippen LogP contribution is 2.25. The van der Waals surface area contributed by atoms with E-state index in [-0.39, 0.29) is 9.79 Å². The van der Waals surface area contributed by atoms with Gasteiger partial charge in [-0.15, -0.1) is 0 Å². The largest absolute Gasteiger partial charge is 0.335 e. The van der Waals surface area contributed by atoms with Crippen LogP contribution in [0.15, 0.2) is 34.1 Å². The highest BCUT2D eigenvalue weighted by molar-refractivity contribution is 7.89. The minimum atomic E-state index is -3.57. The number of nitrogens with one attached hydrogen (secondary N) is 1. The lowest BCUT2D eigenvalue weighted by molar-refractivity contribution is -0.883. The first kappa shape index (κ1) is 19.8. The zero-order valence-electron chi connectivity index (χ0n) is 15.4. The molecule has 0 spiro atoms. The van der Waals surface area contributed by atoms with Crippen LogP contribution in [0.1, 0.15) is 19.8 Å². The number of hydrogen-bond acceptors (Lipinski definition) is 4. The van der Waals surface area contributed by atoms with Crippen LogP contribution in [0.2, 0.25) is 0 Å². The molecule has 1 aromatic carbocycles. The summed E-state index contributed by atoms with van der Waals surface area (Å²) < 4.78 is 54.0. The number of rotatable bonds is 4. The maximum absolute atomic E-state index is 12.8. The molecule has 146 valence electrons. The van der Waals surface area contributed by atoms with E-state index in [9.17, 15) is 16.8 Å². The molecule has 9 heteroatoms. The maximum Gasteiger partial charge on any atom is 0.243 e. The third-order valence-corrected chi connectivity index (χ3v) is 9.24. The Morgan fingerprint density at radius 2 is 1.19 bits per heavy atom. The number of nitrogens with zero attached hydrogens (tertiary/aromatic N) is 2. The standard InChI is InChI=1S/C17H27N3O4S2/c1-15-7-9-19(10-8-15)25(21,22)16-3-5-17(6-4-16)26(23,24)20-13-11-18(2)12-14-20/h3-6,15H,7-14H2,1-2H3/p+1. The fourth-order valence-electron chi connectivity index (χ4n) is 3.42. The summed E-state index contributed by atoms with van der Waals surface area (Å²) in [6, 6.07) is 5.67. The molecule has 26 heavy (non-hydrogen) atoms. The van der Waals surface area contributed by atoms with E-state index >= 15 is 0 Å². The van der Waals surface area contributed by atoms with Gasteiger partial charge in [-0.1, -0.05) is 6.92 Å². The van der Waals surface area contributed by atoms with Crippen molar-refractivity contribution >= 4 is 20.0 Å². The fraction of sp³-hybridized carbons (Fsp3) is 0.647. The second-order valence-electron chi connectivity index (χ2n) is 7.42. The van der Waals surface area contributed by atoms with Gasteiger partial charge < -0.3 is 4.90 Å². The number of hydrogen-bond donors (Lipinski definition) is 1. The lowest BCUT2D eigenvalue weighted by atomic mass is 10.0. The van der Waals surface area contributed by atoms with Gasteiger partial charge in [0.15, 0.2) is 0 Å². The second-order valence-corrected chi connectivity index (χ2v) is 11.3. The van der Waals surface area contributed by atoms with Crippen molar-refractivity contribution in [1.82, 2.24) is 8.61 Å². The molecule has 0 atom stereocenters. The summed E-state index contributed by atoms with van der Waals surface area (Å²) in [5.41, 5.74) is 0. The van der Waals surface area contributed by atoms with Crippen molar-refractivity contribution < 1.29 is 21.7 Å². The lowest BCUT2D eigenvalue weighted by Crippen LogP contribution is -3.12. The molecule has 2 saturated heterocycles. The third-order valence-electron chi connectivity index (χ3n) is 5.42. The summed E-state index contributed by atoms with van der Waals surface area (Å²) in [4.78, 5) is 1.63. The molecule has 2 fully saturated rings. The van der Waals surface area contributed by atoms with Crippen LogP contribution >= 0.6 is 0 Å². The van der Waals surface area contributed by atoms with Gasteiger partial charge in [0.2, 0.25) is 20.0 Å². The quantitative estimate of drug-likeness (QED) is 0.745. The van der Waals surface area contributed by atoms with Gasteiger partial charge in [-0.05, 0) is 43.0 Å². The van der Waals surface area contributed by atoms with E-state index in [4.69, 9.17) is 0 Å². The molecular formula is C17H28N3O4S2+. The van der Waals surface area contributed by atoms with Crippen LogP contribution in [-0.2, 0) is 20.0 Å². The van der Waals surface area contributed by atoms with Crippen LogP contribution in [0.3, 0.4) is 0 Å². The van der Waals surface area contributed by atoms with Gasteiger partial charge in [0.05, 0.1) is 43.0 Å². The van der Waals surface area contributed by atoms with E-state index in [0.29, 0.717) is 32.1 Å². The molecule has 0 radical (unpaired) electrons. The average molecular weight is 403 g/mol. The molecule has 1 N–H and O–H groups in total. The van der Waals surface area contributed by atoms with Gasteiger partial charge in [-0.3, -0.25) is 0 Å². The van der Waals surface area contributed by atoms with Gasteiger partial charge in [0.1, 0.15) is 0 Å². The fourth-order valence-corrected chi connectivity index (χ4v) is 6.33. The van der Waals surface area contributed by atoms with Crippen LogP contribution in [0.25, 0.3) is 0 Å². The molecule has 7 nitrogen and oxygen atoms in total. The first-order valence-corrected chi connectivity index (χ1v) is 12.0. The molecule has 0 unspecified atom stereocenters. The van der Waals surface area contributed by atoms with Gasteiger partial charge in [0.25, 0.3) is 0 Å². The Balaban J connectivity index is 1.77. The van der Waals surface area contributed by atoms with Gasteiger partial charge in [-0.25, -0.2) is 16.8 Å². The number of sulfonamides is 2. The normalized spacial score (nSPS) is 22.5. The molecule has 1 aromatic rings. The molecule has 0 amide bonds. The highest BCUT2D eigenvalue weighted by Gasteiger charge is 2.31. The number of likely N-dealkylation sites (N-methyl/N-ethyl adjacent to an activating group) is 1. The predicted molar refractivity (Wildman–Crippen MR) is 99.0 cm³/mol. The average Bonchev–Trinajstić information content (AvgIpc) is 2.62. The van der Waals surface area contributed by atoms with Crippen molar-refractivity contribution in [3.8, 4) is 0 Å². The zero-order valence-corrected chi connectivity index (χ0v) is 17.0. The van der Waals surface area contributed by atoms with Crippen LogP contribution < -0.4 is 4.90 Å². The van der Waals surface area contributed by atoms with E-state index in [1.54, 1.807) is 0 Å². The highest BCUT2D eigenvalue weighted by atomic mass is 32.2.